The maximum Gasteiger partial charge on any atom is 0.119 e. The predicted octanol–water partition coefficient (Wildman–Crippen LogP) is 7.97. The van der Waals surface area contributed by atoms with Gasteiger partial charge in [-0.2, -0.15) is 0 Å². The molecule has 2 heteroatoms. The zero-order valence-corrected chi connectivity index (χ0v) is 18.4. The second kappa shape index (κ2) is 13.0. The Labute approximate surface area is 169 Å². The van der Waals surface area contributed by atoms with E-state index in [1.54, 1.807) is 0 Å². The molecule has 0 amide bonds. The van der Waals surface area contributed by atoms with Crippen LogP contribution >= 0.6 is 15.9 Å². The van der Waals surface area contributed by atoms with Crippen LogP contribution in [0.1, 0.15) is 64.9 Å². The van der Waals surface area contributed by atoms with Crippen LogP contribution < -0.4 is 4.74 Å². The van der Waals surface area contributed by atoms with Gasteiger partial charge in [-0.05, 0) is 57.2 Å². The van der Waals surface area contributed by atoms with Crippen molar-refractivity contribution in [3.8, 4) is 5.75 Å². The van der Waals surface area contributed by atoms with Crippen molar-refractivity contribution in [2.24, 2.45) is 5.41 Å². The molecule has 0 bridgehead atoms. The lowest BCUT2D eigenvalue weighted by atomic mass is 9.84. The van der Waals surface area contributed by atoms with Crippen LogP contribution in [0.15, 0.2) is 54.6 Å². The third kappa shape index (κ3) is 10.0. The molecule has 0 radical (unpaired) electrons. The van der Waals surface area contributed by atoms with Crippen molar-refractivity contribution in [1.82, 2.24) is 0 Å². The summed E-state index contributed by atoms with van der Waals surface area (Å²) in [4.78, 5) is 0. The number of rotatable bonds is 13. The molecule has 0 spiro atoms. The zero-order valence-electron chi connectivity index (χ0n) is 16.8. The van der Waals surface area contributed by atoms with E-state index in [0.29, 0.717) is 0 Å². The van der Waals surface area contributed by atoms with Crippen LogP contribution in [0, 0.1) is 5.41 Å². The number of ether oxygens (including phenoxy) is 1. The summed E-state index contributed by atoms with van der Waals surface area (Å²) < 4.78 is 5.82. The van der Waals surface area contributed by atoms with Crippen LogP contribution in [-0.4, -0.2) is 11.9 Å². The molecule has 0 heterocycles. The van der Waals surface area contributed by atoms with Gasteiger partial charge in [0.2, 0.25) is 0 Å². The number of allylic oxidation sites excluding steroid dienone is 4. The molecule has 144 valence electrons. The summed E-state index contributed by atoms with van der Waals surface area (Å²) in [6.45, 7) is 11.4. The Bertz CT molecular complexity index is 566. The van der Waals surface area contributed by atoms with E-state index in [1.165, 1.54) is 30.4 Å². The number of hydrogen-bond acceptors (Lipinski definition) is 1. The van der Waals surface area contributed by atoms with Gasteiger partial charge in [-0.25, -0.2) is 0 Å². The number of hydrogen-bond donors (Lipinski definition) is 0. The molecule has 0 unspecified atom stereocenters. The largest absolute Gasteiger partial charge is 0.494 e. The minimum Gasteiger partial charge on any atom is -0.494 e. The topological polar surface area (TPSA) is 9.23 Å². The highest BCUT2D eigenvalue weighted by molar-refractivity contribution is 9.09. The van der Waals surface area contributed by atoms with E-state index in [4.69, 9.17) is 4.74 Å². The predicted molar refractivity (Wildman–Crippen MR) is 120 cm³/mol. The molecule has 0 saturated carbocycles. The molecule has 0 fully saturated rings. The highest BCUT2D eigenvalue weighted by atomic mass is 79.9. The molecule has 1 atom stereocenters. The van der Waals surface area contributed by atoms with Crippen molar-refractivity contribution < 1.29 is 4.74 Å². The van der Waals surface area contributed by atoms with E-state index >= 15 is 0 Å². The van der Waals surface area contributed by atoms with Gasteiger partial charge in [0.1, 0.15) is 5.75 Å². The summed E-state index contributed by atoms with van der Waals surface area (Å²) in [6.07, 6.45) is 15.8. The van der Waals surface area contributed by atoms with Gasteiger partial charge in [0.25, 0.3) is 0 Å². The van der Waals surface area contributed by atoms with Gasteiger partial charge in [-0.15, -0.1) is 6.58 Å². The van der Waals surface area contributed by atoms with Crippen molar-refractivity contribution >= 4 is 22.0 Å². The molecule has 1 aromatic rings. The highest BCUT2D eigenvalue weighted by Crippen LogP contribution is 2.28. The average Bonchev–Trinajstić information content (AvgIpc) is 2.63. The minimum absolute atomic E-state index is 0.0241. The van der Waals surface area contributed by atoms with E-state index < -0.39 is 0 Å². The first-order valence-electron chi connectivity index (χ1n) is 9.74. The van der Waals surface area contributed by atoms with Crippen LogP contribution in [0.2, 0.25) is 0 Å². The van der Waals surface area contributed by atoms with Crippen molar-refractivity contribution in [3.63, 3.8) is 0 Å². The Morgan fingerprint density at radius 1 is 1.12 bits per heavy atom. The first-order chi connectivity index (χ1) is 12.5. The molecule has 0 aromatic heterocycles. The third-order valence-corrected chi connectivity index (χ3v) is 5.10. The Hall–Kier alpha value is -1.28. The smallest absolute Gasteiger partial charge is 0.119 e. The van der Waals surface area contributed by atoms with Crippen molar-refractivity contribution in [2.45, 2.75) is 59.3 Å². The molecular formula is C24H35BrO. The van der Waals surface area contributed by atoms with E-state index in [-0.39, 0.29) is 5.41 Å². The molecule has 1 aromatic carbocycles. The molecule has 0 aliphatic rings. The molecule has 0 aliphatic carbocycles. The quantitative estimate of drug-likeness (QED) is 0.179. The second-order valence-corrected chi connectivity index (χ2v) is 8.18. The first kappa shape index (κ1) is 22.8. The Balaban J connectivity index is 2.47. The third-order valence-electron chi connectivity index (χ3n) is 4.54. The van der Waals surface area contributed by atoms with Gasteiger partial charge in [0, 0.05) is 10.7 Å². The SMILES string of the molecule is C=C[C@@](C)(/C=C/c1ccc(OCCCCCCBr)cc1)CCC=C(C)C. The van der Waals surface area contributed by atoms with Gasteiger partial charge in [0.05, 0.1) is 6.61 Å². The second-order valence-electron chi connectivity index (χ2n) is 7.38. The lowest BCUT2D eigenvalue weighted by Gasteiger charge is -2.20. The Morgan fingerprint density at radius 3 is 2.42 bits per heavy atom. The van der Waals surface area contributed by atoms with Crippen LogP contribution in [0.3, 0.4) is 0 Å². The monoisotopic (exact) mass is 418 g/mol. The molecule has 0 saturated heterocycles. The summed E-state index contributed by atoms with van der Waals surface area (Å²) in [6, 6.07) is 8.37. The lowest BCUT2D eigenvalue weighted by molar-refractivity contribution is 0.305. The number of benzene rings is 1. The molecule has 1 rings (SSSR count). The summed E-state index contributed by atoms with van der Waals surface area (Å²) in [5, 5.41) is 1.10. The van der Waals surface area contributed by atoms with Crippen molar-refractivity contribution in [3.05, 3.63) is 60.2 Å². The summed E-state index contributed by atoms with van der Waals surface area (Å²) in [7, 11) is 0. The van der Waals surface area contributed by atoms with Gasteiger partial charge in [0.15, 0.2) is 0 Å². The number of unbranched alkanes of at least 4 members (excludes halogenated alkanes) is 3. The van der Waals surface area contributed by atoms with Crippen LogP contribution in [0.5, 0.6) is 5.75 Å². The van der Waals surface area contributed by atoms with E-state index in [9.17, 15) is 0 Å². The Kier molecular flexibility index (Phi) is 11.4. The number of alkyl halides is 1. The van der Waals surface area contributed by atoms with Gasteiger partial charge < -0.3 is 4.74 Å². The molecule has 0 N–H and O–H groups in total. The normalized spacial score (nSPS) is 13.4. The standard InChI is InChI=1S/C24H35BrO/c1-5-24(4,17-10-11-21(2)3)18-16-22-12-14-23(15-13-22)26-20-9-7-6-8-19-25/h5,11-16,18H,1,6-10,17,19-20H2,2-4H3/b18-16+/t24-/m1/s1. The minimum atomic E-state index is 0.0241. The lowest BCUT2D eigenvalue weighted by Crippen LogP contribution is -2.08. The first-order valence-corrected chi connectivity index (χ1v) is 10.9. The fraction of sp³-hybridized carbons (Fsp3) is 0.500. The van der Waals surface area contributed by atoms with Crippen LogP contribution in [-0.2, 0) is 0 Å². The molecule has 0 aliphatic heterocycles. The van der Waals surface area contributed by atoms with Gasteiger partial charge in [-0.1, -0.05) is 77.7 Å². The molecule has 1 nitrogen and oxygen atoms in total. The average molecular weight is 419 g/mol. The van der Waals surface area contributed by atoms with E-state index in [0.717, 1.165) is 36.9 Å². The highest BCUT2D eigenvalue weighted by Gasteiger charge is 2.14. The maximum atomic E-state index is 5.82. The van der Waals surface area contributed by atoms with Crippen LogP contribution in [0.4, 0.5) is 0 Å². The van der Waals surface area contributed by atoms with Gasteiger partial charge in [-0.3, -0.25) is 0 Å². The van der Waals surface area contributed by atoms with E-state index in [1.807, 2.05) is 0 Å². The summed E-state index contributed by atoms with van der Waals surface area (Å²) >= 11 is 3.46. The fourth-order valence-corrected chi connectivity index (χ4v) is 3.02. The van der Waals surface area contributed by atoms with Crippen molar-refractivity contribution in [2.75, 3.05) is 11.9 Å². The number of halogens is 1. The van der Waals surface area contributed by atoms with Crippen LogP contribution in [0.25, 0.3) is 6.08 Å². The van der Waals surface area contributed by atoms with Crippen molar-refractivity contribution in [1.29, 1.82) is 0 Å². The Morgan fingerprint density at radius 2 is 1.81 bits per heavy atom. The van der Waals surface area contributed by atoms with E-state index in [2.05, 4.69) is 91.8 Å². The van der Waals surface area contributed by atoms with Gasteiger partial charge >= 0.3 is 0 Å². The molecule has 26 heavy (non-hydrogen) atoms. The summed E-state index contributed by atoms with van der Waals surface area (Å²) in [5.41, 5.74) is 2.60. The molecular weight excluding hydrogens is 384 g/mol. The maximum absolute atomic E-state index is 5.82. The zero-order chi connectivity index (χ0) is 19.3. The fourth-order valence-electron chi connectivity index (χ4n) is 2.63. The summed E-state index contributed by atoms with van der Waals surface area (Å²) in [5.74, 6) is 0.956.